The molecule has 0 radical (unpaired) electrons. The number of nitrogens with zero attached hydrogens (tertiary/aromatic N) is 4. The van der Waals surface area contributed by atoms with Crippen LogP contribution >= 0.6 is 35.4 Å². The Morgan fingerprint density at radius 3 is 2.39 bits per heavy atom. The summed E-state index contributed by atoms with van der Waals surface area (Å²) in [5.41, 5.74) is 2.49. The van der Waals surface area contributed by atoms with Crippen molar-refractivity contribution in [3.63, 3.8) is 0 Å². The first kappa shape index (κ1) is 21.2. The van der Waals surface area contributed by atoms with E-state index in [1.165, 1.54) is 0 Å². The number of anilines is 2. The Morgan fingerprint density at radius 1 is 0.935 bits per heavy atom. The summed E-state index contributed by atoms with van der Waals surface area (Å²) in [4.78, 5) is 0. The van der Waals surface area contributed by atoms with E-state index in [2.05, 4.69) is 20.8 Å². The predicted molar refractivity (Wildman–Crippen MR) is 127 cm³/mol. The van der Waals surface area contributed by atoms with Crippen LogP contribution in [-0.2, 0) is 13.3 Å². The van der Waals surface area contributed by atoms with Gasteiger partial charge in [-0.05, 0) is 42.0 Å². The number of aromatic nitrogens is 4. The lowest BCUT2D eigenvalue weighted by molar-refractivity contribution is 0.221. The van der Waals surface area contributed by atoms with E-state index in [1.807, 2.05) is 42.6 Å². The monoisotopic (exact) mass is 472 g/mol. The molecule has 0 amide bonds. The van der Waals surface area contributed by atoms with Crippen molar-refractivity contribution in [2.75, 3.05) is 10.6 Å². The summed E-state index contributed by atoms with van der Waals surface area (Å²) in [5, 5.41) is 16.5. The van der Waals surface area contributed by atoms with Crippen LogP contribution in [0.25, 0.3) is 0 Å². The zero-order chi connectivity index (χ0) is 21.6. The smallest absolute Gasteiger partial charge is 0.180 e. The Bertz CT molecular complexity index is 1190. The minimum atomic E-state index is 0.247. The molecule has 0 atom stereocenters. The highest BCUT2D eigenvalue weighted by molar-refractivity contribution is 7.80. The highest BCUT2D eigenvalue weighted by atomic mass is 35.5. The van der Waals surface area contributed by atoms with Gasteiger partial charge in [0, 0.05) is 16.2 Å². The molecular formula is C21H18Cl2N6OS. The van der Waals surface area contributed by atoms with Crippen molar-refractivity contribution in [3.8, 4) is 5.75 Å². The van der Waals surface area contributed by atoms with Gasteiger partial charge in [-0.2, -0.15) is 10.2 Å². The molecule has 31 heavy (non-hydrogen) atoms. The third kappa shape index (κ3) is 5.97. The quantitative estimate of drug-likeness (QED) is 0.356. The highest BCUT2D eigenvalue weighted by Crippen LogP contribution is 2.18. The number of nitrogens with one attached hydrogen (secondary N) is 2. The molecule has 0 saturated heterocycles. The van der Waals surface area contributed by atoms with Crippen molar-refractivity contribution in [2.24, 2.45) is 0 Å². The van der Waals surface area contributed by atoms with Gasteiger partial charge in [-0.1, -0.05) is 47.5 Å². The van der Waals surface area contributed by atoms with Crippen molar-refractivity contribution < 1.29 is 4.74 Å². The van der Waals surface area contributed by atoms with Crippen LogP contribution in [0, 0.1) is 0 Å². The molecule has 4 aromatic rings. The fraction of sp³-hybridized carbons (Fsp3) is 0.0952. The number of halogens is 2. The van der Waals surface area contributed by atoms with Crippen LogP contribution in [0.2, 0.25) is 10.0 Å². The van der Waals surface area contributed by atoms with Gasteiger partial charge in [-0.15, -0.1) is 0 Å². The molecule has 0 bridgehead atoms. The lowest BCUT2D eigenvalue weighted by Crippen LogP contribution is -2.18. The SMILES string of the molecule is S=C(Nc1cnn(COc2cccc(Cl)c2)c1)Nc1cnn(Cc2ccccc2Cl)c1. The zero-order valence-electron chi connectivity index (χ0n) is 16.2. The fourth-order valence-corrected chi connectivity index (χ4v) is 3.42. The Morgan fingerprint density at radius 2 is 1.65 bits per heavy atom. The summed E-state index contributed by atoms with van der Waals surface area (Å²) in [6, 6.07) is 14.9. The molecule has 158 valence electrons. The first-order valence-electron chi connectivity index (χ1n) is 9.30. The van der Waals surface area contributed by atoms with E-state index in [-0.39, 0.29) is 6.73 Å². The molecule has 0 saturated carbocycles. The number of hydrogen-bond donors (Lipinski definition) is 2. The van der Waals surface area contributed by atoms with Crippen molar-refractivity contribution in [1.82, 2.24) is 19.6 Å². The number of thiocarbonyl (C=S) groups is 1. The summed E-state index contributed by atoms with van der Waals surface area (Å²) < 4.78 is 9.10. The van der Waals surface area contributed by atoms with Crippen LogP contribution in [0.1, 0.15) is 5.56 Å². The summed E-state index contributed by atoms with van der Waals surface area (Å²) in [6.45, 7) is 0.817. The van der Waals surface area contributed by atoms with Crippen molar-refractivity contribution >= 4 is 51.9 Å². The van der Waals surface area contributed by atoms with E-state index in [0.29, 0.717) is 27.5 Å². The summed E-state index contributed by atoms with van der Waals surface area (Å²) in [5.74, 6) is 0.670. The summed E-state index contributed by atoms with van der Waals surface area (Å²) in [6.07, 6.45) is 7.02. The minimum absolute atomic E-state index is 0.247. The van der Waals surface area contributed by atoms with Crippen molar-refractivity contribution in [1.29, 1.82) is 0 Å². The normalized spacial score (nSPS) is 10.6. The summed E-state index contributed by atoms with van der Waals surface area (Å²) >= 11 is 17.5. The molecule has 10 heteroatoms. The molecule has 0 aliphatic heterocycles. The molecule has 7 nitrogen and oxygen atoms in total. The van der Waals surface area contributed by atoms with E-state index in [9.17, 15) is 0 Å². The maximum absolute atomic E-state index is 6.21. The van der Waals surface area contributed by atoms with Gasteiger partial charge in [-0.25, -0.2) is 4.68 Å². The van der Waals surface area contributed by atoms with Crippen LogP contribution in [0.5, 0.6) is 5.75 Å². The van der Waals surface area contributed by atoms with Gasteiger partial charge in [0.05, 0.1) is 36.5 Å². The number of hydrogen-bond acceptors (Lipinski definition) is 4. The van der Waals surface area contributed by atoms with E-state index in [1.54, 1.807) is 40.1 Å². The standard InChI is InChI=1S/C21H18Cl2N6OS/c22-16-5-3-6-19(8-16)30-14-29-13-18(10-25-29)27-21(31)26-17-9-24-28(12-17)11-15-4-1-2-7-20(15)23/h1-10,12-13H,11,14H2,(H2,26,27,31). The molecular weight excluding hydrogens is 455 g/mol. The predicted octanol–water partition coefficient (Wildman–Crippen LogP) is 5.28. The Kier molecular flexibility index (Phi) is 6.71. The van der Waals surface area contributed by atoms with Crippen molar-refractivity contribution in [3.05, 3.63) is 88.9 Å². The maximum atomic E-state index is 6.21. The Labute approximate surface area is 194 Å². The van der Waals surface area contributed by atoms with Gasteiger partial charge in [0.15, 0.2) is 11.8 Å². The number of rotatable bonds is 7. The second-order valence-corrected chi connectivity index (χ2v) is 7.85. The first-order chi connectivity index (χ1) is 15.0. The van der Waals surface area contributed by atoms with Gasteiger partial charge in [-0.3, -0.25) is 4.68 Å². The van der Waals surface area contributed by atoms with Gasteiger partial charge >= 0.3 is 0 Å². The molecule has 2 heterocycles. The van der Waals surface area contributed by atoms with E-state index in [4.69, 9.17) is 40.2 Å². The molecule has 4 rings (SSSR count). The second kappa shape index (κ2) is 9.82. The van der Waals surface area contributed by atoms with Crippen LogP contribution in [0.4, 0.5) is 11.4 Å². The fourth-order valence-electron chi connectivity index (χ4n) is 2.81. The third-order valence-electron chi connectivity index (χ3n) is 4.23. The number of benzene rings is 2. The van der Waals surface area contributed by atoms with Crippen molar-refractivity contribution in [2.45, 2.75) is 13.3 Å². The molecule has 2 aromatic carbocycles. The molecule has 0 aliphatic rings. The molecule has 2 aromatic heterocycles. The first-order valence-corrected chi connectivity index (χ1v) is 10.5. The lowest BCUT2D eigenvalue weighted by Gasteiger charge is -2.07. The Balaban J connectivity index is 1.28. The van der Waals surface area contributed by atoms with E-state index in [0.717, 1.165) is 16.9 Å². The van der Waals surface area contributed by atoms with Gasteiger partial charge in [0.2, 0.25) is 0 Å². The molecule has 0 aliphatic carbocycles. The largest absolute Gasteiger partial charge is 0.471 e. The topological polar surface area (TPSA) is 68.9 Å². The molecule has 0 spiro atoms. The van der Waals surface area contributed by atoms with Crippen LogP contribution in [0.3, 0.4) is 0 Å². The third-order valence-corrected chi connectivity index (χ3v) is 5.04. The van der Waals surface area contributed by atoms with Crippen LogP contribution < -0.4 is 15.4 Å². The second-order valence-electron chi connectivity index (χ2n) is 6.60. The maximum Gasteiger partial charge on any atom is 0.180 e. The summed E-state index contributed by atoms with van der Waals surface area (Å²) in [7, 11) is 0. The lowest BCUT2D eigenvalue weighted by atomic mass is 10.2. The molecule has 0 fully saturated rings. The van der Waals surface area contributed by atoms with Gasteiger partial charge < -0.3 is 15.4 Å². The average molecular weight is 473 g/mol. The average Bonchev–Trinajstić information content (AvgIpc) is 3.37. The Hall–Kier alpha value is -3.07. The number of ether oxygens (including phenoxy) is 1. The van der Waals surface area contributed by atoms with Gasteiger partial charge in [0.25, 0.3) is 0 Å². The molecule has 2 N–H and O–H groups in total. The molecule has 0 unspecified atom stereocenters. The van der Waals surface area contributed by atoms with Crippen LogP contribution in [0.15, 0.2) is 73.3 Å². The van der Waals surface area contributed by atoms with E-state index < -0.39 is 0 Å². The highest BCUT2D eigenvalue weighted by Gasteiger charge is 2.06. The van der Waals surface area contributed by atoms with Crippen LogP contribution in [-0.4, -0.2) is 24.7 Å². The minimum Gasteiger partial charge on any atom is -0.471 e. The zero-order valence-corrected chi connectivity index (χ0v) is 18.5. The van der Waals surface area contributed by atoms with E-state index >= 15 is 0 Å². The van der Waals surface area contributed by atoms with Gasteiger partial charge in [0.1, 0.15) is 5.75 Å².